The van der Waals surface area contributed by atoms with Crippen molar-refractivity contribution in [3.05, 3.63) is 130 Å². The Kier molecular flexibility index (Phi) is 10.6. The monoisotopic (exact) mass is 617 g/mol. The summed E-state index contributed by atoms with van der Waals surface area (Å²) in [5, 5.41) is 3.36. The summed E-state index contributed by atoms with van der Waals surface area (Å²) in [5.74, 6) is -0.849. The quantitative estimate of drug-likeness (QED) is 0.214. The predicted octanol–water partition coefficient (Wildman–Crippen LogP) is 5.93. The van der Waals surface area contributed by atoms with E-state index in [9.17, 15) is 18.0 Å². The third-order valence-electron chi connectivity index (χ3n) is 7.32. The molecule has 0 aliphatic heterocycles. The van der Waals surface area contributed by atoms with E-state index in [0.717, 1.165) is 21.0 Å². The van der Waals surface area contributed by atoms with Crippen molar-refractivity contribution in [2.24, 2.45) is 0 Å². The first-order valence-electron chi connectivity index (χ1n) is 14.1. The number of anilines is 1. The van der Waals surface area contributed by atoms with Crippen LogP contribution in [-0.2, 0) is 32.6 Å². The average molecular weight is 618 g/mol. The SMILES string of the molecule is CCNC(=O)[C@H](Cc1ccccc1)N(Cc1cccc(Cl)c1)C(=O)CN(c1cccc(C)c1C)S(=O)(=O)c1ccccc1. The van der Waals surface area contributed by atoms with Crippen molar-refractivity contribution in [3.63, 3.8) is 0 Å². The first-order chi connectivity index (χ1) is 20.6. The van der Waals surface area contributed by atoms with Gasteiger partial charge in [0.25, 0.3) is 10.0 Å². The van der Waals surface area contributed by atoms with Gasteiger partial charge >= 0.3 is 0 Å². The number of likely N-dealkylation sites (N-methyl/N-ethyl adjacent to an activating group) is 1. The summed E-state index contributed by atoms with van der Waals surface area (Å²) < 4.78 is 29.4. The van der Waals surface area contributed by atoms with Crippen LogP contribution in [0.4, 0.5) is 5.69 Å². The van der Waals surface area contributed by atoms with Crippen molar-refractivity contribution >= 4 is 39.1 Å². The summed E-state index contributed by atoms with van der Waals surface area (Å²) in [6.07, 6.45) is 0.244. The summed E-state index contributed by atoms with van der Waals surface area (Å²) >= 11 is 6.28. The van der Waals surface area contributed by atoms with E-state index in [1.54, 1.807) is 48.5 Å². The molecule has 0 aliphatic rings. The average Bonchev–Trinajstić information content (AvgIpc) is 3.00. The van der Waals surface area contributed by atoms with Gasteiger partial charge in [0.05, 0.1) is 10.6 Å². The Morgan fingerprint density at radius 1 is 0.837 bits per heavy atom. The van der Waals surface area contributed by atoms with Crippen molar-refractivity contribution in [1.29, 1.82) is 0 Å². The molecule has 2 amide bonds. The summed E-state index contributed by atoms with van der Waals surface area (Å²) in [6.45, 7) is 5.46. The molecule has 4 aromatic carbocycles. The van der Waals surface area contributed by atoms with E-state index in [1.165, 1.54) is 17.0 Å². The van der Waals surface area contributed by atoms with E-state index >= 15 is 0 Å². The number of hydrogen-bond acceptors (Lipinski definition) is 4. The molecule has 0 radical (unpaired) electrons. The number of amides is 2. The largest absolute Gasteiger partial charge is 0.355 e. The number of nitrogens with zero attached hydrogens (tertiary/aromatic N) is 2. The maximum absolute atomic E-state index is 14.4. The highest BCUT2D eigenvalue weighted by Crippen LogP contribution is 2.29. The van der Waals surface area contributed by atoms with Gasteiger partial charge in [-0.15, -0.1) is 0 Å². The van der Waals surface area contributed by atoms with Gasteiger partial charge in [-0.05, 0) is 73.4 Å². The number of nitrogens with one attached hydrogen (secondary N) is 1. The van der Waals surface area contributed by atoms with Gasteiger partial charge in [0.2, 0.25) is 11.8 Å². The summed E-state index contributed by atoms with van der Waals surface area (Å²) in [5.41, 5.74) is 3.61. The van der Waals surface area contributed by atoms with Crippen LogP contribution in [0.1, 0.15) is 29.2 Å². The number of benzene rings is 4. The van der Waals surface area contributed by atoms with Crippen LogP contribution in [0, 0.1) is 13.8 Å². The minimum atomic E-state index is -4.15. The molecule has 0 fully saturated rings. The molecule has 1 atom stereocenters. The summed E-state index contributed by atoms with van der Waals surface area (Å²) in [6, 6.07) is 29.0. The maximum Gasteiger partial charge on any atom is 0.264 e. The van der Waals surface area contributed by atoms with E-state index in [4.69, 9.17) is 11.6 Å². The molecular formula is C34H36ClN3O4S. The molecule has 43 heavy (non-hydrogen) atoms. The predicted molar refractivity (Wildman–Crippen MR) is 172 cm³/mol. The van der Waals surface area contributed by atoms with Crippen LogP contribution in [0.15, 0.2) is 108 Å². The van der Waals surface area contributed by atoms with Crippen LogP contribution in [0.2, 0.25) is 5.02 Å². The highest BCUT2D eigenvalue weighted by Gasteiger charge is 2.35. The fourth-order valence-electron chi connectivity index (χ4n) is 4.92. The first-order valence-corrected chi connectivity index (χ1v) is 15.9. The number of halogens is 1. The van der Waals surface area contributed by atoms with Crippen LogP contribution >= 0.6 is 11.6 Å². The Morgan fingerprint density at radius 3 is 2.12 bits per heavy atom. The van der Waals surface area contributed by atoms with Crippen molar-refractivity contribution in [3.8, 4) is 0 Å². The molecule has 0 heterocycles. The Bertz CT molecular complexity index is 1660. The molecule has 1 N–H and O–H groups in total. The van der Waals surface area contributed by atoms with E-state index in [1.807, 2.05) is 63.2 Å². The van der Waals surface area contributed by atoms with E-state index in [-0.39, 0.29) is 23.8 Å². The number of carbonyl (C=O) groups excluding carboxylic acids is 2. The number of hydrogen-bond donors (Lipinski definition) is 1. The second-order valence-corrected chi connectivity index (χ2v) is 12.6. The second-order valence-electron chi connectivity index (χ2n) is 10.3. The van der Waals surface area contributed by atoms with E-state index in [2.05, 4.69) is 5.32 Å². The number of carbonyl (C=O) groups is 2. The third-order valence-corrected chi connectivity index (χ3v) is 9.33. The summed E-state index contributed by atoms with van der Waals surface area (Å²) in [7, 11) is -4.15. The van der Waals surface area contributed by atoms with Gasteiger partial charge in [0.1, 0.15) is 12.6 Å². The fraction of sp³-hybridized carbons (Fsp3) is 0.235. The minimum Gasteiger partial charge on any atom is -0.355 e. The molecule has 0 saturated heterocycles. The molecule has 9 heteroatoms. The van der Waals surface area contributed by atoms with Crippen molar-refractivity contribution in [2.45, 2.75) is 44.7 Å². The zero-order valence-electron chi connectivity index (χ0n) is 24.5. The Balaban J connectivity index is 1.82. The highest BCUT2D eigenvalue weighted by atomic mass is 35.5. The molecule has 0 aliphatic carbocycles. The second kappa shape index (κ2) is 14.4. The molecule has 224 valence electrons. The molecule has 0 unspecified atom stereocenters. The minimum absolute atomic E-state index is 0.0556. The van der Waals surface area contributed by atoms with Crippen molar-refractivity contribution in [2.75, 3.05) is 17.4 Å². The lowest BCUT2D eigenvalue weighted by atomic mass is 10.0. The van der Waals surface area contributed by atoms with Crippen molar-refractivity contribution in [1.82, 2.24) is 10.2 Å². The molecule has 0 bridgehead atoms. The lowest BCUT2D eigenvalue weighted by Gasteiger charge is -2.34. The maximum atomic E-state index is 14.4. The Hall–Kier alpha value is -4.14. The van der Waals surface area contributed by atoms with Crippen LogP contribution in [0.5, 0.6) is 0 Å². The Morgan fingerprint density at radius 2 is 1.47 bits per heavy atom. The fourth-order valence-corrected chi connectivity index (χ4v) is 6.62. The molecule has 0 aromatic heterocycles. The van der Waals surface area contributed by atoms with Crippen LogP contribution in [0.3, 0.4) is 0 Å². The zero-order chi connectivity index (χ0) is 31.0. The van der Waals surface area contributed by atoms with Gasteiger partial charge in [-0.25, -0.2) is 8.42 Å². The summed E-state index contributed by atoms with van der Waals surface area (Å²) in [4.78, 5) is 29.5. The smallest absolute Gasteiger partial charge is 0.264 e. The van der Waals surface area contributed by atoms with Gasteiger partial charge in [0.15, 0.2) is 0 Å². The van der Waals surface area contributed by atoms with Gasteiger partial charge in [-0.3, -0.25) is 13.9 Å². The van der Waals surface area contributed by atoms with Gasteiger partial charge in [-0.1, -0.05) is 84.4 Å². The van der Waals surface area contributed by atoms with Crippen LogP contribution < -0.4 is 9.62 Å². The van der Waals surface area contributed by atoms with E-state index < -0.39 is 28.5 Å². The Labute approximate surface area is 259 Å². The van der Waals surface area contributed by atoms with Gasteiger partial charge in [0, 0.05) is 24.5 Å². The molecule has 4 aromatic rings. The zero-order valence-corrected chi connectivity index (χ0v) is 26.1. The molecule has 7 nitrogen and oxygen atoms in total. The normalized spacial score (nSPS) is 11.9. The topological polar surface area (TPSA) is 86.8 Å². The molecule has 0 saturated carbocycles. The molecule has 0 spiro atoms. The molecular weight excluding hydrogens is 582 g/mol. The number of rotatable bonds is 12. The van der Waals surface area contributed by atoms with E-state index in [0.29, 0.717) is 22.8 Å². The number of aryl methyl sites for hydroxylation is 1. The lowest BCUT2D eigenvalue weighted by molar-refractivity contribution is -0.140. The molecule has 4 rings (SSSR count). The van der Waals surface area contributed by atoms with Crippen LogP contribution in [0.25, 0.3) is 0 Å². The van der Waals surface area contributed by atoms with Gasteiger partial charge in [-0.2, -0.15) is 0 Å². The first kappa shape index (κ1) is 31.8. The number of sulfonamides is 1. The standard InChI is InChI=1S/C34H36ClN3O4S/c1-4-36-34(40)32(22-27-14-7-5-8-15-27)37(23-28-16-12-17-29(35)21-28)33(39)24-38(31-20-11-13-25(2)26(31)3)43(41,42)30-18-9-6-10-19-30/h5-21,32H,4,22-24H2,1-3H3,(H,36,40)/t32-/m0/s1. The van der Waals surface area contributed by atoms with Crippen LogP contribution in [-0.4, -0.2) is 44.3 Å². The third kappa shape index (κ3) is 7.83. The van der Waals surface area contributed by atoms with Crippen molar-refractivity contribution < 1.29 is 18.0 Å². The highest BCUT2D eigenvalue weighted by molar-refractivity contribution is 7.92. The van der Waals surface area contributed by atoms with Gasteiger partial charge < -0.3 is 10.2 Å². The lowest BCUT2D eigenvalue weighted by Crippen LogP contribution is -2.53.